The van der Waals surface area contributed by atoms with Gasteiger partial charge in [-0.05, 0) is 49.6 Å². The zero-order chi connectivity index (χ0) is 19.6. The second kappa shape index (κ2) is 10.8. The van der Waals surface area contributed by atoms with E-state index in [1.54, 1.807) is 11.8 Å². The molecule has 2 rings (SSSR count). The molecule has 0 saturated heterocycles. The Balaban J connectivity index is 1.67. The van der Waals surface area contributed by atoms with Gasteiger partial charge in [-0.1, -0.05) is 30.3 Å². The Kier molecular flexibility index (Phi) is 8.38. The van der Waals surface area contributed by atoms with Gasteiger partial charge in [0.05, 0.1) is 11.6 Å². The van der Waals surface area contributed by atoms with E-state index in [-0.39, 0.29) is 11.9 Å². The topological polar surface area (TPSA) is 64.9 Å². The summed E-state index contributed by atoms with van der Waals surface area (Å²) in [6.45, 7) is 6.92. The number of rotatable bonds is 9. The lowest BCUT2D eigenvalue weighted by atomic mass is 10.1. The summed E-state index contributed by atoms with van der Waals surface area (Å²) in [4.78, 5) is 12.2. The van der Waals surface area contributed by atoms with Gasteiger partial charge in [-0.25, -0.2) is 0 Å². The molecule has 0 fully saturated rings. The van der Waals surface area contributed by atoms with Gasteiger partial charge in [-0.2, -0.15) is 17.0 Å². The first kappa shape index (κ1) is 21.0. The summed E-state index contributed by atoms with van der Waals surface area (Å²) in [5.74, 6) is 1.79. The molecule has 27 heavy (non-hydrogen) atoms. The van der Waals surface area contributed by atoms with Gasteiger partial charge >= 0.3 is 0 Å². The molecular formula is C22H27N3OS. The lowest BCUT2D eigenvalue weighted by molar-refractivity contribution is -0.116. The van der Waals surface area contributed by atoms with E-state index in [1.165, 1.54) is 5.56 Å². The number of benzene rings is 2. The van der Waals surface area contributed by atoms with Crippen molar-refractivity contribution in [2.24, 2.45) is 0 Å². The standard InChI is InChI=1S/C22H27N3OS/c1-16-7-6-10-21(18(16)3)25-22(26)13-17(2)24-11-12-27-15-20-9-5-4-8-19(20)14-23/h4-10,17,24H,11-13,15H2,1-3H3,(H,25,26)/t17-/m0/s1. The van der Waals surface area contributed by atoms with Crippen molar-refractivity contribution in [2.75, 3.05) is 17.6 Å². The molecule has 0 saturated carbocycles. The quantitative estimate of drug-likeness (QED) is 0.631. The molecular weight excluding hydrogens is 354 g/mol. The second-order valence-electron chi connectivity index (χ2n) is 6.68. The first-order valence-corrected chi connectivity index (χ1v) is 10.3. The van der Waals surface area contributed by atoms with Gasteiger partial charge in [0, 0.05) is 36.2 Å². The molecule has 0 bridgehead atoms. The van der Waals surface area contributed by atoms with Crippen molar-refractivity contribution in [3.05, 3.63) is 64.7 Å². The number of nitrogens with zero attached hydrogens (tertiary/aromatic N) is 1. The molecule has 142 valence electrons. The Bertz CT molecular complexity index is 813. The molecule has 0 spiro atoms. The zero-order valence-electron chi connectivity index (χ0n) is 16.2. The summed E-state index contributed by atoms with van der Waals surface area (Å²) < 4.78 is 0. The van der Waals surface area contributed by atoms with Crippen LogP contribution in [-0.2, 0) is 10.5 Å². The maximum absolute atomic E-state index is 12.2. The SMILES string of the molecule is Cc1cccc(NC(=O)C[C@H](C)NCCSCc2ccccc2C#N)c1C. The van der Waals surface area contributed by atoms with Crippen LogP contribution in [0.5, 0.6) is 0 Å². The number of hydrogen-bond acceptors (Lipinski definition) is 4. The Hall–Kier alpha value is -2.29. The van der Waals surface area contributed by atoms with Crippen LogP contribution in [0.15, 0.2) is 42.5 Å². The first-order valence-electron chi connectivity index (χ1n) is 9.16. The molecule has 4 nitrogen and oxygen atoms in total. The molecule has 0 radical (unpaired) electrons. The summed E-state index contributed by atoms with van der Waals surface area (Å²) in [6.07, 6.45) is 0.440. The predicted molar refractivity (Wildman–Crippen MR) is 114 cm³/mol. The lowest BCUT2D eigenvalue weighted by Gasteiger charge is -2.15. The van der Waals surface area contributed by atoms with Gasteiger partial charge in [-0.15, -0.1) is 0 Å². The molecule has 1 amide bonds. The number of hydrogen-bond donors (Lipinski definition) is 2. The molecule has 0 aliphatic heterocycles. The smallest absolute Gasteiger partial charge is 0.225 e. The zero-order valence-corrected chi connectivity index (χ0v) is 17.0. The average Bonchev–Trinajstić information content (AvgIpc) is 2.65. The molecule has 0 heterocycles. The summed E-state index contributed by atoms with van der Waals surface area (Å²) in [5, 5.41) is 15.5. The van der Waals surface area contributed by atoms with Crippen molar-refractivity contribution < 1.29 is 4.79 Å². The number of nitriles is 1. The number of amides is 1. The van der Waals surface area contributed by atoms with Gasteiger partial charge in [-0.3, -0.25) is 4.79 Å². The van der Waals surface area contributed by atoms with E-state index in [2.05, 4.69) is 16.7 Å². The fraction of sp³-hybridized carbons (Fsp3) is 0.364. The fourth-order valence-corrected chi connectivity index (χ4v) is 3.63. The van der Waals surface area contributed by atoms with Crippen molar-refractivity contribution in [1.29, 1.82) is 5.26 Å². The van der Waals surface area contributed by atoms with E-state index in [0.29, 0.717) is 6.42 Å². The lowest BCUT2D eigenvalue weighted by Crippen LogP contribution is -2.32. The number of nitrogens with one attached hydrogen (secondary N) is 2. The van der Waals surface area contributed by atoms with Gasteiger partial charge in [0.15, 0.2) is 0 Å². The van der Waals surface area contributed by atoms with Crippen LogP contribution in [0.25, 0.3) is 0 Å². The molecule has 0 aromatic heterocycles. The monoisotopic (exact) mass is 381 g/mol. The third-order valence-electron chi connectivity index (χ3n) is 4.50. The van der Waals surface area contributed by atoms with Crippen LogP contribution in [0.1, 0.15) is 35.6 Å². The van der Waals surface area contributed by atoms with Crippen LogP contribution in [0, 0.1) is 25.2 Å². The van der Waals surface area contributed by atoms with Crippen LogP contribution < -0.4 is 10.6 Å². The van der Waals surface area contributed by atoms with Crippen LogP contribution in [0.4, 0.5) is 5.69 Å². The van der Waals surface area contributed by atoms with Crippen molar-refractivity contribution in [1.82, 2.24) is 5.32 Å². The van der Waals surface area contributed by atoms with Crippen molar-refractivity contribution in [3.8, 4) is 6.07 Å². The molecule has 0 aliphatic rings. The Labute approximate surface area is 166 Å². The van der Waals surface area contributed by atoms with E-state index in [1.807, 2.05) is 63.2 Å². The number of carbonyl (C=O) groups excluding carboxylic acids is 1. The van der Waals surface area contributed by atoms with Crippen LogP contribution in [0.3, 0.4) is 0 Å². The van der Waals surface area contributed by atoms with E-state index < -0.39 is 0 Å². The van der Waals surface area contributed by atoms with E-state index in [0.717, 1.165) is 40.4 Å². The highest BCUT2D eigenvalue weighted by Gasteiger charge is 2.10. The Morgan fingerprint density at radius 3 is 2.74 bits per heavy atom. The van der Waals surface area contributed by atoms with E-state index >= 15 is 0 Å². The number of thioether (sulfide) groups is 1. The predicted octanol–water partition coefficient (Wildman–Crippen LogP) is 4.42. The summed E-state index contributed by atoms with van der Waals surface area (Å²) in [7, 11) is 0. The van der Waals surface area contributed by atoms with E-state index in [4.69, 9.17) is 5.26 Å². The largest absolute Gasteiger partial charge is 0.326 e. The minimum atomic E-state index is 0.0271. The fourth-order valence-electron chi connectivity index (χ4n) is 2.75. The number of aryl methyl sites for hydroxylation is 1. The summed E-state index contributed by atoms with van der Waals surface area (Å²) in [6, 6.07) is 16.0. The highest BCUT2D eigenvalue weighted by atomic mass is 32.2. The molecule has 0 aliphatic carbocycles. The highest BCUT2D eigenvalue weighted by Crippen LogP contribution is 2.18. The Morgan fingerprint density at radius 1 is 1.19 bits per heavy atom. The third-order valence-corrected chi connectivity index (χ3v) is 5.51. The molecule has 1 atom stereocenters. The Morgan fingerprint density at radius 2 is 1.96 bits per heavy atom. The average molecular weight is 382 g/mol. The first-order chi connectivity index (χ1) is 13.0. The van der Waals surface area contributed by atoms with Gasteiger partial charge in [0.25, 0.3) is 0 Å². The normalized spacial score (nSPS) is 11.6. The molecule has 2 aromatic rings. The van der Waals surface area contributed by atoms with Gasteiger partial charge in [0.2, 0.25) is 5.91 Å². The minimum Gasteiger partial charge on any atom is -0.326 e. The second-order valence-corrected chi connectivity index (χ2v) is 7.78. The van der Waals surface area contributed by atoms with Crippen molar-refractivity contribution >= 4 is 23.4 Å². The van der Waals surface area contributed by atoms with Gasteiger partial charge < -0.3 is 10.6 Å². The van der Waals surface area contributed by atoms with Crippen LogP contribution in [0.2, 0.25) is 0 Å². The molecule has 5 heteroatoms. The van der Waals surface area contributed by atoms with Crippen molar-refractivity contribution in [3.63, 3.8) is 0 Å². The van der Waals surface area contributed by atoms with Gasteiger partial charge in [0.1, 0.15) is 0 Å². The molecule has 0 unspecified atom stereocenters. The number of carbonyl (C=O) groups is 1. The van der Waals surface area contributed by atoms with Crippen molar-refractivity contribution in [2.45, 2.75) is 39.0 Å². The number of anilines is 1. The molecule has 2 aromatic carbocycles. The summed E-state index contributed by atoms with van der Waals surface area (Å²) >= 11 is 1.79. The van der Waals surface area contributed by atoms with Crippen LogP contribution in [-0.4, -0.2) is 24.2 Å². The van der Waals surface area contributed by atoms with E-state index in [9.17, 15) is 4.79 Å². The maximum Gasteiger partial charge on any atom is 0.225 e. The maximum atomic E-state index is 12.2. The molecule has 2 N–H and O–H groups in total. The minimum absolute atomic E-state index is 0.0271. The highest BCUT2D eigenvalue weighted by molar-refractivity contribution is 7.98. The third kappa shape index (κ3) is 6.74. The summed E-state index contributed by atoms with van der Waals surface area (Å²) in [5.41, 5.74) is 4.99. The van der Waals surface area contributed by atoms with Crippen LogP contribution >= 0.6 is 11.8 Å².